The Balaban J connectivity index is 1.90. The third-order valence-electron chi connectivity index (χ3n) is 4.19. The average molecular weight is 249 g/mol. The molecule has 1 unspecified atom stereocenters. The van der Waals surface area contributed by atoms with Gasteiger partial charge in [0.15, 0.2) is 0 Å². The molecule has 1 aliphatic carbocycles. The van der Waals surface area contributed by atoms with Gasteiger partial charge in [0.1, 0.15) is 0 Å². The molecule has 1 aromatic heterocycles. The van der Waals surface area contributed by atoms with Crippen molar-refractivity contribution in [3.63, 3.8) is 0 Å². The molecule has 3 heteroatoms. The Morgan fingerprint density at radius 2 is 2.22 bits per heavy atom. The van der Waals surface area contributed by atoms with Crippen LogP contribution in [0.15, 0.2) is 12.3 Å². The number of hydrogen-bond donors (Lipinski definition) is 1. The van der Waals surface area contributed by atoms with Crippen LogP contribution in [0.2, 0.25) is 0 Å². The maximum absolute atomic E-state index is 4.30. The number of aromatic nitrogens is 2. The van der Waals surface area contributed by atoms with Crippen LogP contribution in [0.25, 0.3) is 0 Å². The minimum absolute atomic E-state index is 0.484. The third kappa shape index (κ3) is 3.58. The van der Waals surface area contributed by atoms with Crippen LogP contribution in [0, 0.1) is 5.92 Å². The van der Waals surface area contributed by atoms with Gasteiger partial charge in [-0.3, -0.25) is 4.68 Å². The van der Waals surface area contributed by atoms with Crippen LogP contribution in [0.4, 0.5) is 0 Å². The van der Waals surface area contributed by atoms with Gasteiger partial charge < -0.3 is 5.32 Å². The molecule has 0 amide bonds. The number of nitrogens with zero attached hydrogens (tertiary/aromatic N) is 2. The molecule has 1 aromatic rings. The summed E-state index contributed by atoms with van der Waals surface area (Å²) in [6, 6.07) is 2.64. The summed E-state index contributed by atoms with van der Waals surface area (Å²) in [6.45, 7) is 3.32. The van der Waals surface area contributed by atoms with Gasteiger partial charge in [-0.1, -0.05) is 32.6 Å². The van der Waals surface area contributed by atoms with Crippen LogP contribution in [0.3, 0.4) is 0 Å². The molecule has 1 atom stereocenters. The fourth-order valence-electron chi connectivity index (χ4n) is 3.10. The molecule has 1 heterocycles. The Morgan fingerprint density at radius 3 is 2.83 bits per heavy atom. The van der Waals surface area contributed by atoms with E-state index >= 15 is 0 Å². The number of nitrogens with one attached hydrogen (secondary N) is 1. The summed E-state index contributed by atoms with van der Waals surface area (Å²) in [5, 5.41) is 7.98. The van der Waals surface area contributed by atoms with E-state index in [1.54, 1.807) is 0 Å². The van der Waals surface area contributed by atoms with E-state index in [4.69, 9.17) is 0 Å². The highest BCUT2D eigenvalue weighted by Gasteiger charge is 2.19. The second-order valence-electron chi connectivity index (χ2n) is 5.61. The van der Waals surface area contributed by atoms with Crippen molar-refractivity contribution in [2.24, 2.45) is 13.0 Å². The Hall–Kier alpha value is -0.830. The lowest BCUT2D eigenvalue weighted by Gasteiger charge is -2.20. The van der Waals surface area contributed by atoms with E-state index in [2.05, 4.69) is 23.4 Å². The maximum atomic E-state index is 4.30. The van der Waals surface area contributed by atoms with Crippen LogP contribution < -0.4 is 5.32 Å². The molecule has 0 saturated heterocycles. The van der Waals surface area contributed by atoms with Gasteiger partial charge in [-0.05, 0) is 37.8 Å². The van der Waals surface area contributed by atoms with E-state index in [1.807, 2.05) is 17.9 Å². The van der Waals surface area contributed by atoms with Crippen molar-refractivity contribution in [1.29, 1.82) is 0 Å². The Bertz CT molecular complexity index is 339. The molecule has 1 N–H and O–H groups in total. The first-order valence-corrected chi connectivity index (χ1v) is 7.52. The molecule has 0 spiro atoms. The van der Waals surface area contributed by atoms with Crippen LogP contribution in [-0.4, -0.2) is 16.3 Å². The van der Waals surface area contributed by atoms with E-state index in [-0.39, 0.29) is 0 Å². The van der Waals surface area contributed by atoms with Gasteiger partial charge in [-0.25, -0.2) is 0 Å². The smallest absolute Gasteiger partial charge is 0.0550 e. The van der Waals surface area contributed by atoms with Gasteiger partial charge in [0.05, 0.1) is 5.69 Å². The van der Waals surface area contributed by atoms with Crippen LogP contribution >= 0.6 is 0 Å². The highest BCUT2D eigenvalue weighted by atomic mass is 15.3. The average Bonchev–Trinajstić information content (AvgIpc) is 3.01. The molecule has 18 heavy (non-hydrogen) atoms. The summed E-state index contributed by atoms with van der Waals surface area (Å²) in [5.74, 6) is 0.976. The second kappa shape index (κ2) is 6.93. The lowest BCUT2D eigenvalue weighted by Crippen LogP contribution is -2.24. The highest BCUT2D eigenvalue weighted by molar-refractivity contribution is 5.06. The number of rotatable bonds is 7. The van der Waals surface area contributed by atoms with Crippen LogP contribution in [0.1, 0.15) is 63.6 Å². The molecule has 1 saturated carbocycles. The summed E-state index contributed by atoms with van der Waals surface area (Å²) in [5.41, 5.74) is 1.33. The first-order valence-electron chi connectivity index (χ1n) is 7.52. The molecule has 0 aromatic carbocycles. The Labute approximate surface area is 111 Å². The largest absolute Gasteiger partial charge is 0.309 e. The summed E-state index contributed by atoms with van der Waals surface area (Å²) >= 11 is 0. The van der Waals surface area contributed by atoms with Gasteiger partial charge in [-0.15, -0.1) is 0 Å². The molecule has 1 aliphatic rings. The fraction of sp³-hybridized carbons (Fsp3) is 0.800. The van der Waals surface area contributed by atoms with E-state index in [0.29, 0.717) is 6.04 Å². The topological polar surface area (TPSA) is 29.9 Å². The van der Waals surface area contributed by atoms with Gasteiger partial charge in [0.25, 0.3) is 0 Å². The molecule has 3 nitrogen and oxygen atoms in total. The number of aryl methyl sites for hydroxylation is 1. The minimum atomic E-state index is 0.484. The molecular formula is C15H27N3. The molecule has 1 fully saturated rings. The van der Waals surface area contributed by atoms with E-state index < -0.39 is 0 Å². The quantitative estimate of drug-likeness (QED) is 0.802. The van der Waals surface area contributed by atoms with Crippen molar-refractivity contribution < 1.29 is 0 Å². The molecule has 2 rings (SSSR count). The van der Waals surface area contributed by atoms with Crippen molar-refractivity contribution in [3.05, 3.63) is 18.0 Å². The summed E-state index contributed by atoms with van der Waals surface area (Å²) in [6.07, 6.45) is 11.5. The second-order valence-corrected chi connectivity index (χ2v) is 5.61. The molecular weight excluding hydrogens is 222 g/mol. The lowest BCUT2D eigenvalue weighted by atomic mass is 9.97. The fourth-order valence-corrected chi connectivity index (χ4v) is 3.10. The van der Waals surface area contributed by atoms with Gasteiger partial charge in [0.2, 0.25) is 0 Å². The zero-order valence-electron chi connectivity index (χ0n) is 11.9. The van der Waals surface area contributed by atoms with Crippen molar-refractivity contribution in [3.8, 4) is 0 Å². The van der Waals surface area contributed by atoms with Gasteiger partial charge >= 0.3 is 0 Å². The monoisotopic (exact) mass is 249 g/mol. The normalized spacial score (nSPS) is 18.3. The summed E-state index contributed by atoms with van der Waals surface area (Å²) in [7, 11) is 2.05. The predicted octanol–water partition coefficient (Wildman–Crippen LogP) is 3.43. The molecule has 0 bridgehead atoms. The van der Waals surface area contributed by atoms with Crippen molar-refractivity contribution in [2.45, 2.75) is 57.9 Å². The van der Waals surface area contributed by atoms with E-state index in [1.165, 1.54) is 50.6 Å². The summed E-state index contributed by atoms with van der Waals surface area (Å²) in [4.78, 5) is 0. The van der Waals surface area contributed by atoms with Gasteiger partial charge in [0, 0.05) is 19.3 Å². The van der Waals surface area contributed by atoms with Crippen molar-refractivity contribution in [2.75, 3.05) is 6.54 Å². The van der Waals surface area contributed by atoms with E-state index in [9.17, 15) is 0 Å². The summed E-state index contributed by atoms with van der Waals surface area (Å²) < 4.78 is 2.02. The minimum Gasteiger partial charge on any atom is -0.309 e. The van der Waals surface area contributed by atoms with E-state index in [0.717, 1.165) is 12.5 Å². The first kappa shape index (κ1) is 13.6. The first-order chi connectivity index (χ1) is 8.81. The lowest BCUT2D eigenvalue weighted by molar-refractivity contribution is 0.398. The number of hydrogen-bond acceptors (Lipinski definition) is 2. The maximum Gasteiger partial charge on any atom is 0.0550 e. The molecule has 0 radical (unpaired) electrons. The van der Waals surface area contributed by atoms with Crippen LogP contribution in [0.5, 0.6) is 0 Å². The standard InChI is InChI=1S/C15H27N3/c1-3-11-16-14(15-10-12-17-18(15)2)9-8-13-6-4-5-7-13/h10,12-14,16H,3-9,11H2,1-2H3. The highest BCUT2D eigenvalue weighted by Crippen LogP contribution is 2.31. The SMILES string of the molecule is CCCNC(CCC1CCCC1)c1ccnn1C. The predicted molar refractivity (Wildman–Crippen MR) is 75.4 cm³/mol. The zero-order valence-corrected chi connectivity index (χ0v) is 11.9. The Morgan fingerprint density at radius 1 is 1.44 bits per heavy atom. The van der Waals surface area contributed by atoms with Crippen molar-refractivity contribution >= 4 is 0 Å². The van der Waals surface area contributed by atoms with Crippen molar-refractivity contribution in [1.82, 2.24) is 15.1 Å². The van der Waals surface area contributed by atoms with Crippen LogP contribution in [-0.2, 0) is 7.05 Å². The van der Waals surface area contributed by atoms with Gasteiger partial charge in [-0.2, -0.15) is 5.10 Å². The third-order valence-corrected chi connectivity index (χ3v) is 4.19. The zero-order chi connectivity index (χ0) is 12.8. The molecule has 0 aliphatic heterocycles. The Kier molecular flexibility index (Phi) is 5.24. The molecule has 102 valence electrons.